The molecule has 0 spiro atoms. The van der Waals surface area contributed by atoms with E-state index in [1.807, 2.05) is 13.0 Å². The second-order valence-corrected chi connectivity index (χ2v) is 9.27. The monoisotopic (exact) mass is 544 g/mol. The van der Waals surface area contributed by atoms with Crippen LogP contribution in [0.15, 0.2) is 46.9 Å². The van der Waals surface area contributed by atoms with Crippen LogP contribution in [0.25, 0.3) is 0 Å². The van der Waals surface area contributed by atoms with Gasteiger partial charge in [-0.3, -0.25) is 14.4 Å². The highest BCUT2D eigenvalue weighted by Gasteiger charge is 2.36. The van der Waals surface area contributed by atoms with Gasteiger partial charge >= 0.3 is 11.9 Å². The number of nitrogens with zero attached hydrogens (tertiary/aromatic N) is 1. The van der Waals surface area contributed by atoms with Crippen molar-refractivity contribution < 1.29 is 28.7 Å². The molecule has 186 valence electrons. The lowest BCUT2D eigenvalue weighted by Crippen LogP contribution is -2.28. The summed E-state index contributed by atoms with van der Waals surface area (Å²) in [5.41, 5.74) is 2.54. The highest BCUT2D eigenvalue weighted by molar-refractivity contribution is 9.10. The normalized spacial score (nSPS) is 15.1. The van der Waals surface area contributed by atoms with Crippen molar-refractivity contribution in [1.29, 1.82) is 0 Å². The van der Waals surface area contributed by atoms with Gasteiger partial charge < -0.3 is 19.7 Å². The zero-order valence-electron chi connectivity index (χ0n) is 19.8. The zero-order chi connectivity index (χ0) is 25.4. The van der Waals surface area contributed by atoms with Crippen LogP contribution in [0.1, 0.15) is 48.5 Å². The maximum atomic E-state index is 12.5. The summed E-state index contributed by atoms with van der Waals surface area (Å²) < 4.78 is 11.3. The zero-order valence-corrected chi connectivity index (χ0v) is 21.4. The van der Waals surface area contributed by atoms with Crippen LogP contribution < -0.4 is 10.2 Å². The summed E-state index contributed by atoms with van der Waals surface area (Å²) >= 11 is 3.40. The molecular formula is C26H29BrN2O6. The summed E-state index contributed by atoms with van der Waals surface area (Å²) in [7, 11) is 0. The summed E-state index contributed by atoms with van der Waals surface area (Å²) in [6, 6.07) is 11.9. The molecular weight excluding hydrogens is 516 g/mol. The summed E-state index contributed by atoms with van der Waals surface area (Å²) in [5.74, 6) is -2.36. The maximum Gasteiger partial charge on any atom is 0.338 e. The molecule has 8 nitrogen and oxygen atoms in total. The Morgan fingerprint density at radius 3 is 2.51 bits per heavy atom. The number of halogens is 1. The lowest BCUT2D eigenvalue weighted by atomic mass is 10.1. The van der Waals surface area contributed by atoms with Gasteiger partial charge in [-0.1, -0.05) is 35.7 Å². The molecule has 0 unspecified atom stereocenters. The van der Waals surface area contributed by atoms with Gasteiger partial charge in [0.25, 0.3) is 5.91 Å². The van der Waals surface area contributed by atoms with Crippen molar-refractivity contribution in [2.45, 2.75) is 39.5 Å². The molecule has 2 aromatic rings. The lowest BCUT2D eigenvalue weighted by Gasteiger charge is -2.17. The molecule has 1 aliphatic heterocycles. The van der Waals surface area contributed by atoms with E-state index in [9.17, 15) is 19.2 Å². The number of hydrogen-bond donors (Lipinski definition) is 1. The van der Waals surface area contributed by atoms with Gasteiger partial charge in [0.2, 0.25) is 5.91 Å². The largest absolute Gasteiger partial charge is 0.462 e. The van der Waals surface area contributed by atoms with Crippen LogP contribution >= 0.6 is 15.9 Å². The smallest absolute Gasteiger partial charge is 0.338 e. The number of esters is 2. The van der Waals surface area contributed by atoms with Gasteiger partial charge in [-0.05, 0) is 61.4 Å². The molecule has 1 heterocycles. The molecule has 1 saturated heterocycles. The fourth-order valence-corrected chi connectivity index (χ4v) is 3.91. The van der Waals surface area contributed by atoms with Crippen LogP contribution in [0.5, 0.6) is 0 Å². The number of anilines is 2. The fraction of sp³-hybridized carbons (Fsp3) is 0.385. The molecule has 0 bridgehead atoms. The first-order chi connectivity index (χ1) is 16.8. The molecule has 1 fully saturated rings. The minimum Gasteiger partial charge on any atom is -0.462 e. The number of carbonyl (C=O) groups excluding carboxylic acids is 4. The number of benzene rings is 2. The molecule has 3 rings (SSSR count). The minimum absolute atomic E-state index is 0.00637. The molecule has 2 amide bonds. The van der Waals surface area contributed by atoms with Crippen molar-refractivity contribution in [2.75, 3.05) is 30.0 Å². The van der Waals surface area contributed by atoms with Crippen LogP contribution in [0.2, 0.25) is 0 Å². The highest BCUT2D eigenvalue weighted by Crippen LogP contribution is 2.26. The summed E-state index contributed by atoms with van der Waals surface area (Å²) in [4.78, 5) is 50.7. The van der Waals surface area contributed by atoms with E-state index in [1.54, 1.807) is 36.4 Å². The number of unbranched alkanes of at least 4 members (excludes halogenated alkanes) is 2. The molecule has 1 N–H and O–H groups in total. The summed E-state index contributed by atoms with van der Waals surface area (Å²) in [6.07, 6.45) is 2.87. The van der Waals surface area contributed by atoms with Crippen LogP contribution in [-0.4, -0.2) is 43.5 Å². The third-order valence-electron chi connectivity index (χ3n) is 5.64. The van der Waals surface area contributed by atoms with E-state index < -0.39 is 30.4 Å². The lowest BCUT2D eigenvalue weighted by molar-refractivity contribution is -0.151. The Morgan fingerprint density at radius 2 is 1.83 bits per heavy atom. The van der Waals surface area contributed by atoms with E-state index in [2.05, 4.69) is 28.2 Å². The predicted octanol–water partition coefficient (Wildman–Crippen LogP) is 4.64. The molecule has 0 aromatic heterocycles. The first-order valence-electron chi connectivity index (χ1n) is 11.6. The Hall–Kier alpha value is -3.20. The Bertz CT molecular complexity index is 1090. The molecule has 1 aliphatic rings. The second kappa shape index (κ2) is 12.5. The topological polar surface area (TPSA) is 102 Å². The van der Waals surface area contributed by atoms with Crippen molar-refractivity contribution in [3.63, 3.8) is 0 Å². The van der Waals surface area contributed by atoms with Crippen molar-refractivity contribution >= 4 is 51.1 Å². The van der Waals surface area contributed by atoms with Crippen molar-refractivity contribution in [3.05, 3.63) is 58.1 Å². The van der Waals surface area contributed by atoms with E-state index in [0.717, 1.165) is 29.3 Å². The molecule has 0 aliphatic carbocycles. The first-order valence-corrected chi connectivity index (χ1v) is 12.4. The van der Waals surface area contributed by atoms with Crippen LogP contribution in [0, 0.1) is 12.8 Å². The fourth-order valence-electron chi connectivity index (χ4n) is 3.67. The quantitative estimate of drug-likeness (QED) is 0.345. The Morgan fingerprint density at radius 1 is 1.09 bits per heavy atom. The van der Waals surface area contributed by atoms with Gasteiger partial charge in [-0.2, -0.15) is 0 Å². The van der Waals surface area contributed by atoms with E-state index in [4.69, 9.17) is 9.47 Å². The van der Waals surface area contributed by atoms with Crippen molar-refractivity contribution in [2.24, 2.45) is 5.92 Å². The van der Waals surface area contributed by atoms with Gasteiger partial charge in [0, 0.05) is 28.8 Å². The summed E-state index contributed by atoms with van der Waals surface area (Å²) in [5, 5.41) is 2.68. The van der Waals surface area contributed by atoms with E-state index in [0.29, 0.717) is 23.5 Å². The van der Waals surface area contributed by atoms with Gasteiger partial charge in [0.15, 0.2) is 6.61 Å². The molecule has 35 heavy (non-hydrogen) atoms. The predicted molar refractivity (Wildman–Crippen MR) is 135 cm³/mol. The molecule has 0 saturated carbocycles. The van der Waals surface area contributed by atoms with Crippen LogP contribution in [0.4, 0.5) is 11.4 Å². The summed E-state index contributed by atoms with van der Waals surface area (Å²) in [6.45, 7) is 4.06. The molecule has 1 atom stereocenters. The average molecular weight is 545 g/mol. The number of ether oxygens (including phenoxy) is 2. The third-order valence-corrected chi connectivity index (χ3v) is 6.53. The third kappa shape index (κ3) is 7.39. The van der Waals surface area contributed by atoms with E-state index in [1.165, 1.54) is 4.90 Å². The second-order valence-electron chi connectivity index (χ2n) is 8.42. The number of nitrogens with one attached hydrogen (secondary N) is 1. The number of aryl methyl sites for hydroxylation is 1. The number of rotatable bonds is 10. The Labute approximate surface area is 213 Å². The Balaban J connectivity index is 1.48. The van der Waals surface area contributed by atoms with Crippen LogP contribution in [-0.2, 0) is 23.9 Å². The minimum atomic E-state index is -0.673. The average Bonchev–Trinajstić information content (AvgIpc) is 3.24. The van der Waals surface area contributed by atoms with Crippen LogP contribution in [0.3, 0.4) is 0 Å². The SMILES string of the molecule is CCCCCOC(=O)c1ccc(N2C[C@H](C(=O)OCC(=O)Nc3ccc(Br)c(C)c3)CC2=O)cc1. The van der Waals surface area contributed by atoms with Gasteiger partial charge in [0.05, 0.1) is 18.1 Å². The van der Waals surface area contributed by atoms with Gasteiger partial charge in [-0.15, -0.1) is 0 Å². The van der Waals surface area contributed by atoms with Crippen molar-refractivity contribution in [1.82, 2.24) is 0 Å². The standard InChI is InChI=1S/C26H29BrN2O6/c1-3-4-5-12-34-25(32)18-6-9-21(10-7-18)29-15-19(14-24(29)31)26(33)35-16-23(30)28-20-8-11-22(27)17(2)13-20/h6-11,13,19H,3-5,12,14-16H2,1-2H3,(H,28,30)/t19-/m1/s1. The Kier molecular flexibility index (Phi) is 9.42. The molecule has 0 radical (unpaired) electrons. The maximum absolute atomic E-state index is 12.5. The molecule has 2 aromatic carbocycles. The number of hydrogen-bond acceptors (Lipinski definition) is 6. The number of amides is 2. The van der Waals surface area contributed by atoms with Gasteiger partial charge in [-0.25, -0.2) is 4.79 Å². The highest BCUT2D eigenvalue weighted by atomic mass is 79.9. The van der Waals surface area contributed by atoms with E-state index >= 15 is 0 Å². The number of carbonyl (C=O) groups is 4. The molecule has 9 heteroatoms. The first kappa shape index (κ1) is 26.4. The van der Waals surface area contributed by atoms with Crippen molar-refractivity contribution in [3.8, 4) is 0 Å². The van der Waals surface area contributed by atoms with Gasteiger partial charge in [0.1, 0.15) is 0 Å². The van der Waals surface area contributed by atoms with E-state index in [-0.39, 0.29) is 18.9 Å².